The first-order valence-corrected chi connectivity index (χ1v) is 6.06. The number of aliphatic hydroxyl groups is 1. The van der Waals surface area contributed by atoms with Crippen LogP contribution in [0.5, 0.6) is 0 Å². The molecule has 0 fully saturated rings. The highest BCUT2D eigenvalue weighted by Crippen LogP contribution is 2.31. The Hall–Kier alpha value is -1.36. The molecule has 0 bridgehead atoms. The van der Waals surface area contributed by atoms with E-state index in [0.717, 1.165) is 19.3 Å². The van der Waals surface area contributed by atoms with Crippen LogP contribution in [-0.4, -0.2) is 25.3 Å². The summed E-state index contributed by atoms with van der Waals surface area (Å²) in [5, 5.41) is 8.67. The van der Waals surface area contributed by atoms with Crippen molar-refractivity contribution in [3.8, 4) is 0 Å². The summed E-state index contributed by atoms with van der Waals surface area (Å²) >= 11 is 0. The Labute approximate surface area is 106 Å². The number of nitrogen functional groups attached to an aromatic ring is 1. The molecule has 1 rings (SSSR count). The van der Waals surface area contributed by atoms with Crippen LogP contribution in [0.1, 0.15) is 31.3 Å². The van der Waals surface area contributed by atoms with Gasteiger partial charge in [0.2, 0.25) is 0 Å². The van der Waals surface area contributed by atoms with E-state index in [1.54, 1.807) is 24.1 Å². The molecule has 0 atom stereocenters. The van der Waals surface area contributed by atoms with Crippen LogP contribution in [0.2, 0.25) is 0 Å². The number of anilines is 2. The van der Waals surface area contributed by atoms with Crippen molar-refractivity contribution in [2.24, 2.45) is 0 Å². The van der Waals surface area contributed by atoms with Crippen molar-refractivity contribution >= 4 is 11.4 Å². The van der Waals surface area contributed by atoms with Crippen LogP contribution >= 0.6 is 0 Å². The predicted molar refractivity (Wildman–Crippen MR) is 70.0 cm³/mol. The third-order valence-corrected chi connectivity index (χ3v) is 2.85. The fourth-order valence-corrected chi connectivity index (χ4v) is 1.85. The normalized spacial score (nSPS) is 10.9. The number of benzene rings is 1. The number of alkyl halides is 2. The van der Waals surface area contributed by atoms with Gasteiger partial charge >= 0.3 is 0 Å². The SMILES string of the molecule is CN(CCCCCO)c1ccc(N)cc1C(F)F. The fraction of sp³-hybridized carbons (Fsp3) is 0.538. The summed E-state index contributed by atoms with van der Waals surface area (Å²) < 4.78 is 25.8. The molecule has 1 aromatic carbocycles. The van der Waals surface area contributed by atoms with Crippen molar-refractivity contribution in [1.82, 2.24) is 0 Å². The highest BCUT2D eigenvalue weighted by atomic mass is 19.3. The van der Waals surface area contributed by atoms with Crippen molar-refractivity contribution in [3.63, 3.8) is 0 Å². The maximum atomic E-state index is 12.9. The highest BCUT2D eigenvalue weighted by molar-refractivity contribution is 5.59. The number of hydrogen-bond acceptors (Lipinski definition) is 3. The van der Waals surface area contributed by atoms with Crippen LogP contribution in [-0.2, 0) is 0 Å². The molecule has 0 aromatic heterocycles. The van der Waals surface area contributed by atoms with Crippen molar-refractivity contribution < 1.29 is 13.9 Å². The summed E-state index contributed by atoms with van der Waals surface area (Å²) in [6.07, 6.45) is -0.0234. The molecule has 5 heteroatoms. The molecule has 0 unspecified atom stereocenters. The van der Waals surface area contributed by atoms with E-state index >= 15 is 0 Å². The van der Waals surface area contributed by atoms with Crippen LogP contribution in [0, 0.1) is 0 Å². The Morgan fingerprint density at radius 3 is 2.61 bits per heavy atom. The van der Waals surface area contributed by atoms with E-state index in [4.69, 9.17) is 10.8 Å². The number of unbranched alkanes of at least 4 members (excludes halogenated alkanes) is 2. The van der Waals surface area contributed by atoms with Gasteiger partial charge in [0.1, 0.15) is 0 Å². The second kappa shape index (κ2) is 7.16. The van der Waals surface area contributed by atoms with Crippen LogP contribution in [0.3, 0.4) is 0 Å². The van der Waals surface area contributed by atoms with E-state index in [0.29, 0.717) is 17.9 Å². The van der Waals surface area contributed by atoms with E-state index in [-0.39, 0.29) is 12.2 Å². The summed E-state index contributed by atoms with van der Waals surface area (Å²) in [5.41, 5.74) is 6.36. The van der Waals surface area contributed by atoms with Crippen LogP contribution < -0.4 is 10.6 Å². The van der Waals surface area contributed by atoms with Gasteiger partial charge in [-0.15, -0.1) is 0 Å². The summed E-state index contributed by atoms with van der Waals surface area (Å²) in [6, 6.07) is 4.58. The van der Waals surface area contributed by atoms with Gasteiger partial charge in [0, 0.05) is 37.1 Å². The molecule has 0 aliphatic carbocycles. The van der Waals surface area contributed by atoms with E-state index in [9.17, 15) is 8.78 Å². The third kappa shape index (κ3) is 4.14. The lowest BCUT2D eigenvalue weighted by Crippen LogP contribution is -2.20. The van der Waals surface area contributed by atoms with E-state index < -0.39 is 6.43 Å². The highest BCUT2D eigenvalue weighted by Gasteiger charge is 2.15. The molecule has 0 radical (unpaired) electrons. The van der Waals surface area contributed by atoms with Crippen LogP contribution in [0.4, 0.5) is 20.2 Å². The Morgan fingerprint density at radius 1 is 1.28 bits per heavy atom. The summed E-state index contributed by atoms with van der Waals surface area (Å²) in [4.78, 5) is 1.80. The van der Waals surface area contributed by atoms with Gasteiger partial charge in [0.05, 0.1) is 0 Å². The van der Waals surface area contributed by atoms with E-state index in [2.05, 4.69) is 0 Å². The molecule has 3 nitrogen and oxygen atoms in total. The van der Waals surface area contributed by atoms with Gasteiger partial charge in [-0.25, -0.2) is 8.78 Å². The van der Waals surface area contributed by atoms with Crippen molar-refractivity contribution in [3.05, 3.63) is 23.8 Å². The lowest BCUT2D eigenvalue weighted by atomic mass is 10.1. The van der Waals surface area contributed by atoms with E-state index in [1.165, 1.54) is 6.07 Å². The first-order valence-electron chi connectivity index (χ1n) is 6.06. The van der Waals surface area contributed by atoms with Gasteiger partial charge in [-0.3, -0.25) is 0 Å². The molecular weight excluding hydrogens is 238 g/mol. The zero-order valence-corrected chi connectivity index (χ0v) is 10.6. The number of rotatable bonds is 7. The van der Waals surface area contributed by atoms with Gasteiger partial charge < -0.3 is 15.7 Å². The molecule has 0 amide bonds. The van der Waals surface area contributed by atoms with Crippen LogP contribution in [0.15, 0.2) is 18.2 Å². The second-order valence-electron chi connectivity index (χ2n) is 4.32. The number of aliphatic hydroxyl groups excluding tert-OH is 1. The van der Waals surface area contributed by atoms with Gasteiger partial charge in [-0.1, -0.05) is 0 Å². The third-order valence-electron chi connectivity index (χ3n) is 2.85. The first kappa shape index (κ1) is 14.7. The maximum Gasteiger partial charge on any atom is 0.265 e. The van der Waals surface area contributed by atoms with Gasteiger partial charge in [-0.2, -0.15) is 0 Å². The van der Waals surface area contributed by atoms with E-state index in [1.807, 2.05) is 0 Å². The average Bonchev–Trinajstić information content (AvgIpc) is 2.34. The molecule has 0 heterocycles. The van der Waals surface area contributed by atoms with Gasteiger partial charge in [0.15, 0.2) is 0 Å². The Kier molecular flexibility index (Phi) is 5.85. The molecule has 1 aromatic rings. The zero-order chi connectivity index (χ0) is 13.5. The zero-order valence-electron chi connectivity index (χ0n) is 10.6. The minimum Gasteiger partial charge on any atom is -0.399 e. The van der Waals surface area contributed by atoms with Crippen molar-refractivity contribution in [2.45, 2.75) is 25.7 Å². The number of hydrogen-bond donors (Lipinski definition) is 2. The number of nitrogens with zero attached hydrogens (tertiary/aromatic N) is 1. The maximum absolute atomic E-state index is 12.9. The Bertz CT molecular complexity index is 372. The molecule has 0 saturated carbocycles. The second-order valence-corrected chi connectivity index (χ2v) is 4.32. The summed E-state index contributed by atoms with van der Waals surface area (Å²) in [6.45, 7) is 0.859. The Morgan fingerprint density at radius 2 is 2.00 bits per heavy atom. The molecule has 18 heavy (non-hydrogen) atoms. The summed E-state index contributed by atoms with van der Waals surface area (Å²) in [5.74, 6) is 0. The van der Waals surface area contributed by atoms with Crippen molar-refractivity contribution in [2.75, 3.05) is 30.8 Å². The first-order chi connectivity index (χ1) is 8.56. The largest absolute Gasteiger partial charge is 0.399 e. The molecule has 102 valence electrons. The lowest BCUT2D eigenvalue weighted by molar-refractivity contribution is 0.152. The standard InChI is InChI=1S/C13H20F2N2O/c1-17(7-3-2-4-8-18)12-6-5-10(16)9-11(12)13(14)15/h5-6,9,13,18H,2-4,7-8,16H2,1H3. The molecule has 0 saturated heterocycles. The Balaban J connectivity index is 2.69. The number of halogens is 2. The number of nitrogens with two attached hydrogens (primary N) is 1. The monoisotopic (exact) mass is 258 g/mol. The van der Waals surface area contributed by atoms with Crippen molar-refractivity contribution in [1.29, 1.82) is 0 Å². The lowest BCUT2D eigenvalue weighted by Gasteiger charge is -2.22. The van der Waals surface area contributed by atoms with Gasteiger partial charge in [0.25, 0.3) is 6.43 Å². The molecule has 0 aliphatic rings. The summed E-state index contributed by atoms with van der Waals surface area (Å²) in [7, 11) is 1.79. The van der Waals surface area contributed by atoms with Crippen LogP contribution in [0.25, 0.3) is 0 Å². The minimum absolute atomic E-state index is 0.0281. The molecular formula is C13H20F2N2O. The minimum atomic E-state index is -2.52. The molecule has 0 spiro atoms. The fourth-order valence-electron chi connectivity index (χ4n) is 1.85. The predicted octanol–water partition coefficient (Wildman–Crippen LogP) is 2.81. The van der Waals surface area contributed by atoms with Gasteiger partial charge in [-0.05, 0) is 37.5 Å². The average molecular weight is 258 g/mol. The molecule has 0 aliphatic heterocycles. The quantitative estimate of drug-likeness (QED) is 0.584. The molecule has 3 N–H and O–H groups in total. The topological polar surface area (TPSA) is 49.5 Å². The smallest absolute Gasteiger partial charge is 0.265 e.